The predicted octanol–water partition coefficient (Wildman–Crippen LogP) is 3.48. The number of aryl methyl sites for hydroxylation is 3. The lowest BCUT2D eigenvalue weighted by Gasteiger charge is -2.34. The summed E-state index contributed by atoms with van der Waals surface area (Å²) in [7, 11) is 0. The number of thiophene rings is 2. The minimum absolute atomic E-state index is 0.0348. The van der Waals surface area contributed by atoms with Crippen LogP contribution in [0.4, 0.5) is 0 Å². The Hall–Kier alpha value is -1.87. The van der Waals surface area contributed by atoms with Crippen molar-refractivity contribution in [2.45, 2.75) is 26.8 Å². The zero-order chi connectivity index (χ0) is 19.7. The third kappa shape index (κ3) is 3.82. The maximum Gasteiger partial charge on any atom is 0.261 e. The summed E-state index contributed by atoms with van der Waals surface area (Å²) < 4.78 is 5.50. The SMILES string of the molecule is Cc1nc(C)c2c(C)c(C(=O)NCC(c3cccs3)N3CCOCC3)sc2n1. The average Bonchev–Trinajstić information content (AvgIpc) is 3.31. The number of ether oxygens (including phenoxy) is 1. The Morgan fingerprint density at radius 1 is 1.29 bits per heavy atom. The van der Waals surface area contributed by atoms with Gasteiger partial charge in [-0.15, -0.1) is 22.7 Å². The van der Waals surface area contributed by atoms with Gasteiger partial charge in [0.2, 0.25) is 0 Å². The first-order valence-corrected chi connectivity index (χ1v) is 11.1. The number of carbonyl (C=O) groups excluding carboxylic acids is 1. The number of nitrogens with zero attached hydrogens (tertiary/aromatic N) is 3. The Balaban J connectivity index is 1.55. The lowest BCUT2D eigenvalue weighted by molar-refractivity contribution is 0.0169. The monoisotopic (exact) mass is 416 g/mol. The molecule has 1 atom stereocenters. The molecule has 1 amide bonds. The third-order valence-electron chi connectivity index (χ3n) is 5.10. The Bertz CT molecular complexity index is 978. The largest absolute Gasteiger partial charge is 0.379 e. The molecule has 0 saturated carbocycles. The molecule has 0 bridgehead atoms. The van der Waals surface area contributed by atoms with Crippen molar-refractivity contribution in [2.75, 3.05) is 32.8 Å². The molecular formula is C20H24N4O2S2. The second kappa shape index (κ2) is 8.24. The first-order valence-electron chi connectivity index (χ1n) is 9.42. The lowest BCUT2D eigenvalue weighted by atomic mass is 10.1. The summed E-state index contributed by atoms with van der Waals surface area (Å²) in [6.45, 7) is 9.67. The maximum atomic E-state index is 13.0. The number of hydrogen-bond acceptors (Lipinski definition) is 7. The summed E-state index contributed by atoms with van der Waals surface area (Å²) in [5.41, 5.74) is 1.90. The number of carbonyl (C=O) groups is 1. The molecule has 1 aliphatic rings. The second-order valence-corrected chi connectivity index (χ2v) is 8.96. The Kier molecular flexibility index (Phi) is 5.73. The molecule has 0 aliphatic carbocycles. The smallest absolute Gasteiger partial charge is 0.261 e. The van der Waals surface area contributed by atoms with E-state index in [-0.39, 0.29) is 11.9 Å². The molecule has 1 saturated heterocycles. The number of aromatic nitrogens is 2. The highest BCUT2D eigenvalue weighted by atomic mass is 32.1. The highest BCUT2D eigenvalue weighted by molar-refractivity contribution is 7.20. The molecule has 148 valence electrons. The van der Waals surface area contributed by atoms with Gasteiger partial charge in [-0.25, -0.2) is 9.97 Å². The van der Waals surface area contributed by atoms with Crippen LogP contribution in [0.5, 0.6) is 0 Å². The molecule has 0 radical (unpaired) electrons. The highest BCUT2D eigenvalue weighted by Crippen LogP contribution is 2.31. The molecule has 1 fully saturated rings. The lowest BCUT2D eigenvalue weighted by Crippen LogP contribution is -2.43. The number of nitrogens with one attached hydrogen (secondary N) is 1. The van der Waals surface area contributed by atoms with E-state index in [1.807, 2.05) is 20.8 Å². The number of rotatable bonds is 5. The van der Waals surface area contributed by atoms with Crippen LogP contribution < -0.4 is 5.32 Å². The van der Waals surface area contributed by atoms with Crippen LogP contribution in [-0.2, 0) is 4.74 Å². The minimum atomic E-state index is -0.0348. The van der Waals surface area contributed by atoms with E-state index in [0.29, 0.717) is 6.54 Å². The Morgan fingerprint density at radius 2 is 2.07 bits per heavy atom. The van der Waals surface area contributed by atoms with Gasteiger partial charge in [-0.1, -0.05) is 6.07 Å². The van der Waals surface area contributed by atoms with E-state index in [0.717, 1.165) is 58.5 Å². The van der Waals surface area contributed by atoms with Crippen LogP contribution in [-0.4, -0.2) is 53.6 Å². The fraction of sp³-hybridized carbons (Fsp3) is 0.450. The summed E-state index contributed by atoms with van der Waals surface area (Å²) in [4.78, 5) is 27.2. The Morgan fingerprint density at radius 3 is 2.79 bits per heavy atom. The molecule has 0 aromatic carbocycles. The van der Waals surface area contributed by atoms with Crippen molar-refractivity contribution in [3.05, 3.63) is 44.3 Å². The molecule has 8 heteroatoms. The molecule has 6 nitrogen and oxygen atoms in total. The second-order valence-electron chi connectivity index (χ2n) is 6.98. The van der Waals surface area contributed by atoms with Gasteiger partial charge < -0.3 is 10.1 Å². The summed E-state index contributed by atoms with van der Waals surface area (Å²) in [6, 6.07) is 4.38. The summed E-state index contributed by atoms with van der Waals surface area (Å²) in [6.07, 6.45) is 0. The van der Waals surface area contributed by atoms with Crippen molar-refractivity contribution >= 4 is 38.8 Å². The molecule has 3 aromatic rings. The van der Waals surface area contributed by atoms with Gasteiger partial charge in [0.05, 0.1) is 24.1 Å². The van der Waals surface area contributed by atoms with Crippen molar-refractivity contribution in [3.8, 4) is 0 Å². The fourth-order valence-electron chi connectivity index (χ4n) is 3.74. The van der Waals surface area contributed by atoms with E-state index in [4.69, 9.17) is 4.74 Å². The predicted molar refractivity (Wildman–Crippen MR) is 113 cm³/mol. The highest BCUT2D eigenvalue weighted by Gasteiger charge is 2.25. The molecule has 4 rings (SSSR count). The number of amides is 1. The van der Waals surface area contributed by atoms with Crippen LogP contribution in [0.15, 0.2) is 17.5 Å². The van der Waals surface area contributed by atoms with E-state index in [9.17, 15) is 4.79 Å². The van der Waals surface area contributed by atoms with Gasteiger partial charge in [-0.2, -0.15) is 0 Å². The van der Waals surface area contributed by atoms with Crippen LogP contribution in [0, 0.1) is 20.8 Å². The number of morpholine rings is 1. The van der Waals surface area contributed by atoms with Gasteiger partial charge in [0.1, 0.15) is 10.7 Å². The molecular weight excluding hydrogens is 392 g/mol. The summed E-state index contributed by atoms with van der Waals surface area (Å²) in [5.74, 6) is 0.704. The van der Waals surface area contributed by atoms with E-state index in [1.54, 1.807) is 11.3 Å². The first-order chi connectivity index (χ1) is 13.5. The van der Waals surface area contributed by atoms with Gasteiger partial charge in [-0.05, 0) is 37.8 Å². The zero-order valence-electron chi connectivity index (χ0n) is 16.3. The molecule has 3 aromatic heterocycles. The van der Waals surface area contributed by atoms with Gasteiger partial charge in [0.25, 0.3) is 5.91 Å². The standard InChI is InChI=1S/C20H24N4O2S2/c1-12-17-13(2)22-14(3)23-20(17)28-18(12)19(25)21-11-15(16-5-4-10-27-16)24-6-8-26-9-7-24/h4-5,10,15H,6-9,11H2,1-3H3,(H,21,25). The summed E-state index contributed by atoms with van der Waals surface area (Å²) >= 11 is 3.18. The van der Waals surface area contributed by atoms with E-state index in [1.165, 1.54) is 16.2 Å². The fourth-order valence-corrected chi connectivity index (χ4v) is 5.79. The van der Waals surface area contributed by atoms with Crippen molar-refractivity contribution in [1.29, 1.82) is 0 Å². The van der Waals surface area contributed by atoms with E-state index < -0.39 is 0 Å². The number of hydrogen-bond donors (Lipinski definition) is 1. The molecule has 28 heavy (non-hydrogen) atoms. The van der Waals surface area contributed by atoms with Gasteiger partial charge in [0, 0.05) is 35.6 Å². The quantitative estimate of drug-likeness (QED) is 0.690. The van der Waals surface area contributed by atoms with Crippen molar-refractivity contribution in [3.63, 3.8) is 0 Å². The van der Waals surface area contributed by atoms with Gasteiger partial charge >= 0.3 is 0 Å². The normalized spacial score (nSPS) is 16.4. The minimum Gasteiger partial charge on any atom is -0.379 e. The van der Waals surface area contributed by atoms with Gasteiger partial charge in [0.15, 0.2) is 0 Å². The molecule has 1 N–H and O–H groups in total. The van der Waals surface area contributed by atoms with E-state index in [2.05, 4.69) is 37.7 Å². The molecule has 4 heterocycles. The topological polar surface area (TPSA) is 67.4 Å². The number of fused-ring (bicyclic) bond motifs is 1. The average molecular weight is 417 g/mol. The van der Waals surface area contributed by atoms with Crippen LogP contribution >= 0.6 is 22.7 Å². The van der Waals surface area contributed by atoms with Crippen LogP contribution in [0.1, 0.15) is 37.7 Å². The Labute approximate surface area is 172 Å². The van der Waals surface area contributed by atoms with Crippen LogP contribution in [0.2, 0.25) is 0 Å². The van der Waals surface area contributed by atoms with Gasteiger partial charge in [-0.3, -0.25) is 9.69 Å². The van der Waals surface area contributed by atoms with Crippen LogP contribution in [0.3, 0.4) is 0 Å². The molecule has 1 aliphatic heterocycles. The van der Waals surface area contributed by atoms with Crippen molar-refractivity contribution in [1.82, 2.24) is 20.2 Å². The van der Waals surface area contributed by atoms with E-state index >= 15 is 0 Å². The summed E-state index contributed by atoms with van der Waals surface area (Å²) in [5, 5.41) is 6.26. The van der Waals surface area contributed by atoms with Crippen molar-refractivity contribution < 1.29 is 9.53 Å². The van der Waals surface area contributed by atoms with Crippen molar-refractivity contribution in [2.24, 2.45) is 0 Å². The first kappa shape index (κ1) is 19.4. The van der Waals surface area contributed by atoms with Crippen LogP contribution in [0.25, 0.3) is 10.2 Å². The zero-order valence-corrected chi connectivity index (χ0v) is 18.0. The maximum absolute atomic E-state index is 13.0. The molecule has 1 unspecified atom stereocenters. The third-order valence-corrected chi connectivity index (χ3v) is 7.26. The molecule has 0 spiro atoms.